The van der Waals surface area contributed by atoms with Gasteiger partial charge < -0.3 is 36.6 Å². The van der Waals surface area contributed by atoms with E-state index in [4.69, 9.17) is 16.2 Å². The monoisotopic (exact) mass is 274 g/mol. The number of aromatic nitrogens is 2. The third-order valence-corrected chi connectivity index (χ3v) is 3.16. The molecule has 8 N–H and O–H groups in total. The van der Waals surface area contributed by atoms with Gasteiger partial charge in [0.2, 0.25) is 5.60 Å². The number of ether oxygens (including phenoxy) is 1. The van der Waals surface area contributed by atoms with Gasteiger partial charge in [-0.05, 0) is 0 Å². The molecule has 106 valence electrons. The Morgan fingerprint density at radius 3 is 2.53 bits per heavy atom. The third kappa shape index (κ3) is 1.62. The smallest absolute Gasteiger partial charge is 0.286 e. The molecule has 0 saturated carbocycles. The maximum Gasteiger partial charge on any atom is 0.286 e. The summed E-state index contributed by atoms with van der Waals surface area (Å²) < 4.78 is 5.78. The van der Waals surface area contributed by atoms with E-state index in [0.29, 0.717) is 0 Å². The highest BCUT2D eigenvalue weighted by atomic mass is 16.7. The van der Waals surface area contributed by atoms with Gasteiger partial charge in [0.25, 0.3) is 11.8 Å². The number of aliphatic hydroxyl groups is 4. The van der Waals surface area contributed by atoms with Crippen LogP contribution in [-0.4, -0.2) is 60.3 Å². The summed E-state index contributed by atoms with van der Waals surface area (Å²) in [7, 11) is 0. The second kappa shape index (κ2) is 4.15. The number of amides is 1. The molecular weight excluding hydrogens is 260 g/mol. The van der Waals surface area contributed by atoms with Crippen LogP contribution >= 0.6 is 0 Å². The van der Waals surface area contributed by atoms with Crippen molar-refractivity contribution < 1.29 is 30.0 Å². The van der Waals surface area contributed by atoms with Gasteiger partial charge in [-0.3, -0.25) is 9.36 Å². The Labute approximate surface area is 106 Å². The van der Waals surface area contributed by atoms with Crippen LogP contribution in [0.3, 0.4) is 0 Å². The largest absolute Gasteiger partial charge is 0.393 e. The SMILES string of the molecule is NC(=O)[C@]1(CO)O[C@@](O)(n2cncc2N)[C@H](O)[C@@H]1O. The zero-order valence-electron chi connectivity index (χ0n) is 9.67. The number of nitrogens with two attached hydrogens (primary N) is 2. The van der Waals surface area contributed by atoms with E-state index < -0.39 is 36.2 Å². The number of carbonyl (C=O) groups is 1. The lowest BCUT2D eigenvalue weighted by Gasteiger charge is -2.29. The van der Waals surface area contributed by atoms with Gasteiger partial charge in [0.15, 0.2) is 6.10 Å². The van der Waals surface area contributed by atoms with E-state index >= 15 is 0 Å². The molecular formula is C9H14N4O6. The molecule has 0 bridgehead atoms. The number of hydrogen-bond acceptors (Lipinski definition) is 8. The molecule has 1 aromatic heterocycles. The van der Waals surface area contributed by atoms with E-state index in [1.807, 2.05) is 0 Å². The van der Waals surface area contributed by atoms with Crippen molar-refractivity contribution in [2.75, 3.05) is 12.3 Å². The zero-order valence-corrected chi connectivity index (χ0v) is 9.67. The molecule has 1 saturated heterocycles. The molecule has 19 heavy (non-hydrogen) atoms. The molecule has 1 amide bonds. The van der Waals surface area contributed by atoms with E-state index in [2.05, 4.69) is 4.98 Å². The van der Waals surface area contributed by atoms with Crippen molar-refractivity contribution in [1.29, 1.82) is 0 Å². The van der Waals surface area contributed by atoms with Crippen LogP contribution in [0.2, 0.25) is 0 Å². The Balaban J connectivity index is 2.51. The van der Waals surface area contributed by atoms with Crippen LogP contribution in [0, 0.1) is 0 Å². The lowest BCUT2D eigenvalue weighted by atomic mass is 9.95. The molecule has 0 aromatic carbocycles. The molecule has 4 atom stereocenters. The van der Waals surface area contributed by atoms with Crippen LogP contribution in [0.4, 0.5) is 5.82 Å². The van der Waals surface area contributed by atoms with E-state index in [1.165, 1.54) is 0 Å². The Morgan fingerprint density at radius 1 is 1.53 bits per heavy atom. The van der Waals surface area contributed by atoms with Crippen LogP contribution in [0.25, 0.3) is 0 Å². The van der Waals surface area contributed by atoms with Gasteiger partial charge in [-0.1, -0.05) is 0 Å². The highest BCUT2D eigenvalue weighted by Gasteiger charge is 2.66. The normalized spacial score (nSPS) is 38.5. The average molecular weight is 274 g/mol. The van der Waals surface area contributed by atoms with Crippen molar-refractivity contribution in [1.82, 2.24) is 9.55 Å². The maximum absolute atomic E-state index is 11.4. The maximum atomic E-state index is 11.4. The summed E-state index contributed by atoms with van der Waals surface area (Å²) in [4.78, 5) is 15.0. The molecule has 0 spiro atoms. The lowest BCUT2D eigenvalue weighted by molar-refractivity contribution is -0.301. The molecule has 0 aliphatic carbocycles. The van der Waals surface area contributed by atoms with Gasteiger partial charge in [-0.15, -0.1) is 0 Å². The Morgan fingerprint density at radius 2 is 2.16 bits per heavy atom. The first-order chi connectivity index (χ1) is 8.79. The number of nitrogens with zero attached hydrogens (tertiary/aromatic N) is 2. The lowest BCUT2D eigenvalue weighted by Crippen LogP contribution is -2.56. The van der Waals surface area contributed by atoms with E-state index in [1.54, 1.807) is 0 Å². The van der Waals surface area contributed by atoms with Crippen molar-refractivity contribution in [2.45, 2.75) is 23.7 Å². The first-order valence-electron chi connectivity index (χ1n) is 5.27. The minimum Gasteiger partial charge on any atom is -0.393 e. The Bertz CT molecular complexity index is 507. The summed E-state index contributed by atoms with van der Waals surface area (Å²) in [6, 6.07) is 0. The predicted octanol–water partition coefficient (Wildman–Crippen LogP) is -3.96. The molecule has 1 aliphatic heterocycles. The van der Waals surface area contributed by atoms with E-state index in [-0.39, 0.29) is 5.82 Å². The second-order valence-electron chi connectivity index (χ2n) is 4.25. The number of imidazole rings is 1. The summed E-state index contributed by atoms with van der Waals surface area (Å²) in [5, 5.41) is 39.2. The molecule has 1 aromatic rings. The van der Waals surface area contributed by atoms with Crippen LogP contribution in [0.1, 0.15) is 0 Å². The first kappa shape index (κ1) is 13.7. The Kier molecular flexibility index (Phi) is 2.99. The molecule has 1 aliphatic rings. The average Bonchev–Trinajstić information content (AvgIpc) is 2.87. The molecule has 2 rings (SSSR count). The standard InChI is InChI=1S/C9H14N4O6/c10-4-1-12-3-13(4)9(18)6(16)5(15)8(2-14,19-9)7(11)17/h1,3,5-6,14-16,18H,2,10H2,(H2,11,17)/t5-,6+,8+,9+/m0/s1. The molecule has 10 nitrogen and oxygen atoms in total. The minimum atomic E-state index is -2.57. The summed E-state index contributed by atoms with van der Waals surface area (Å²) >= 11 is 0. The van der Waals surface area contributed by atoms with Crippen LogP contribution in [-0.2, 0) is 15.4 Å². The number of aliphatic hydroxyl groups excluding tert-OH is 3. The van der Waals surface area contributed by atoms with Crippen LogP contribution in [0.15, 0.2) is 12.5 Å². The van der Waals surface area contributed by atoms with Gasteiger partial charge in [-0.2, -0.15) is 0 Å². The number of hydrogen-bond donors (Lipinski definition) is 6. The fourth-order valence-electron chi connectivity index (χ4n) is 2.01. The highest BCUT2D eigenvalue weighted by molar-refractivity contribution is 5.85. The Hall–Kier alpha value is -1.72. The molecule has 2 heterocycles. The van der Waals surface area contributed by atoms with Gasteiger partial charge in [0.05, 0.1) is 12.8 Å². The van der Waals surface area contributed by atoms with Crippen LogP contribution < -0.4 is 11.5 Å². The third-order valence-electron chi connectivity index (χ3n) is 3.16. The van der Waals surface area contributed by atoms with E-state index in [9.17, 15) is 25.2 Å². The fraction of sp³-hybridized carbons (Fsp3) is 0.556. The number of primary amides is 1. The molecule has 1 fully saturated rings. The molecule has 10 heteroatoms. The predicted molar refractivity (Wildman–Crippen MR) is 58.9 cm³/mol. The number of rotatable bonds is 3. The van der Waals surface area contributed by atoms with E-state index in [0.717, 1.165) is 17.1 Å². The zero-order chi connectivity index (χ0) is 14.4. The topological polar surface area (TPSA) is 177 Å². The van der Waals surface area contributed by atoms with Crippen molar-refractivity contribution in [3.05, 3.63) is 12.5 Å². The van der Waals surface area contributed by atoms with Crippen LogP contribution in [0.5, 0.6) is 0 Å². The van der Waals surface area contributed by atoms with Crippen molar-refractivity contribution in [3.8, 4) is 0 Å². The summed E-state index contributed by atoms with van der Waals surface area (Å²) in [5.74, 6) is -3.90. The highest BCUT2D eigenvalue weighted by Crippen LogP contribution is 2.40. The number of carbonyl (C=O) groups excluding carboxylic acids is 1. The van der Waals surface area contributed by atoms with Gasteiger partial charge in [-0.25, -0.2) is 4.98 Å². The van der Waals surface area contributed by atoms with Crippen molar-refractivity contribution >= 4 is 11.7 Å². The van der Waals surface area contributed by atoms with Crippen molar-refractivity contribution in [3.63, 3.8) is 0 Å². The first-order valence-corrected chi connectivity index (χ1v) is 5.27. The summed E-state index contributed by atoms with van der Waals surface area (Å²) in [6.45, 7) is -1.03. The van der Waals surface area contributed by atoms with Gasteiger partial charge in [0.1, 0.15) is 18.2 Å². The number of nitrogen functional groups attached to an aromatic ring is 1. The second-order valence-corrected chi connectivity index (χ2v) is 4.25. The molecule has 0 unspecified atom stereocenters. The quantitative estimate of drug-likeness (QED) is 0.323. The van der Waals surface area contributed by atoms with Gasteiger partial charge >= 0.3 is 0 Å². The molecule has 0 radical (unpaired) electrons. The summed E-state index contributed by atoms with van der Waals surface area (Å²) in [6.07, 6.45) is -1.73. The van der Waals surface area contributed by atoms with Crippen molar-refractivity contribution in [2.24, 2.45) is 5.73 Å². The fourth-order valence-corrected chi connectivity index (χ4v) is 2.01. The number of anilines is 1. The summed E-state index contributed by atoms with van der Waals surface area (Å²) in [5.41, 5.74) is 8.21. The van der Waals surface area contributed by atoms with Gasteiger partial charge in [0, 0.05) is 0 Å². The minimum absolute atomic E-state index is 0.0908.